The standard InChI is InChI=1S/C13H21ClN2OS/c14-8-12-10-18-13(15-12)3-6-16-5-1-2-11(9-16)4-7-17/h10-11,17H,1-9H2. The lowest BCUT2D eigenvalue weighted by atomic mass is 9.95. The van der Waals surface area contributed by atoms with E-state index in [1.807, 2.05) is 5.38 Å². The molecule has 102 valence electrons. The van der Waals surface area contributed by atoms with E-state index < -0.39 is 0 Å². The van der Waals surface area contributed by atoms with Crippen molar-refractivity contribution in [2.45, 2.75) is 31.6 Å². The Morgan fingerprint density at radius 2 is 2.44 bits per heavy atom. The van der Waals surface area contributed by atoms with Crippen LogP contribution in [0.4, 0.5) is 0 Å². The molecule has 0 aliphatic carbocycles. The number of piperidine rings is 1. The molecule has 2 rings (SSSR count). The first-order valence-corrected chi connectivity index (χ1v) is 8.05. The second kappa shape index (κ2) is 7.43. The highest BCUT2D eigenvalue weighted by molar-refractivity contribution is 7.09. The monoisotopic (exact) mass is 288 g/mol. The molecule has 0 bridgehead atoms. The first kappa shape index (κ1) is 14.3. The summed E-state index contributed by atoms with van der Waals surface area (Å²) < 4.78 is 0. The van der Waals surface area contributed by atoms with Gasteiger partial charge in [0.1, 0.15) is 0 Å². The number of aromatic nitrogens is 1. The highest BCUT2D eigenvalue weighted by Gasteiger charge is 2.19. The minimum atomic E-state index is 0.323. The molecule has 0 radical (unpaired) electrons. The van der Waals surface area contributed by atoms with Gasteiger partial charge in [-0.05, 0) is 31.7 Å². The molecule has 1 fully saturated rings. The van der Waals surface area contributed by atoms with Crippen LogP contribution in [0.2, 0.25) is 0 Å². The Kier molecular flexibility index (Phi) is 5.89. The summed E-state index contributed by atoms with van der Waals surface area (Å²) >= 11 is 7.46. The second-order valence-corrected chi connectivity index (χ2v) is 6.15. The van der Waals surface area contributed by atoms with Gasteiger partial charge in [-0.3, -0.25) is 0 Å². The molecule has 1 aliphatic heterocycles. The molecule has 0 saturated carbocycles. The fourth-order valence-corrected chi connectivity index (χ4v) is 3.57. The zero-order chi connectivity index (χ0) is 12.8. The maximum Gasteiger partial charge on any atom is 0.0941 e. The highest BCUT2D eigenvalue weighted by Crippen LogP contribution is 2.20. The summed E-state index contributed by atoms with van der Waals surface area (Å²) in [4.78, 5) is 6.99. The summed E-state index contributed by atoms with van der Waals surface area (Å²) in [7, 11) is 0. The van der Waals surface area contributed by atoms with Crippen molar-refractivity contribution < 1.29 is 5.11 Å². The Morgan fingerprint density at radius 1 is 1.56 bits per heavy atom. The molecular weight excluding hydrogens is 268 g/mol. The van der Waals surface area contributed by atoms with Crippen molar-refractivity contribution in [2.75, 3.05) is 26.2 Å². The molecule has 1 aliphatic rings. The Balaban J connectivity index is 1.75. The van der Waals surface area contributed by atoms with Gasteiger partial charge in [0.05, 0.1) is 16.6 Å². The molecule has 3 nitrogen and oxygen atoms in total. The second-order valence-electron chi connectivity index (χ2n) is 4.94. The van der Waals surface area contributed by atoms with Crippen LogP contribution in [0.5, 0.6) is 0 Å². The van der Waals surface area contributed by atoms with E-state index in [1.165, 1.54) is 24.4 Å². The molecule has 0 spiro atoms. The van der Waals surface area contributed by atoms with Gasteiger partial charge in [0, 0.05) is 31.5 Å². The summed E-state index contributed by atoms with van der Waals surface area (Å²) in [6, 6.07) is 0. The minimum absolute atomic E-state index is 0.323. The zero-order valence-corrected chi connectivity index (χ0v) is 12.2. The van der Waals surface area contributed by atoms with Crippen molar-refractivity contribution in [3.63, 3.8) is 0 Å². The number of aliphatic hydroxyl groups excluding tert-OH is 1. The van der Waals surface area contributed by atoms with Gasteiger partial charge in [0.25, 0.3) is 0 Å². The predicted octanol–water partition coefficient (Wildman–Crippen LogP) is 2.52. The summed E-state index contributed by atoms with van der Waals surface area (Å²) in [5.74, 6) is 1.19. The van der Waals surface area contributed by atoms with Gasteiger partial charge in [0.2, 0.25) is 0 Å². The molecule has 1 atom stereocenters. The van der Waals surface area contributed by atoms with Crippen LogP contribution in [0.25, 0.3) is 0 Å². The third-order valence-electron chi connectivity index (χ3n) is 3.52. The number of hydrogen-bond acceptors (Lipinski definition) is 4. The number of halogens is 1. The Bertz CT molecular complexity index is 357. The normalized spacial score (nSPS) is 21.3. The van der Waals surface area contributed by atoms with Crippen LogP contribution in [0, 0.1) is 5.92 Å². The van der Waals surface area contributed by atoms with Crippen molar-refractivity contribution in [1.82, 2.24) is 9.88 Å². The Hall–Kier alpha value is -0.160. The molecule has 1 N–H and O–H groups in total. The summed E-state index contributed by atoms with van der Waals surface area (Å²) in [6.07, 6.45) is 4.50. The molecular formula is C13H21ClN2OS. The van der Waals surface area contributed by atoms with E-state index in [0.717, 1.165) is 31.6 Å². The zero-order valence-electron chi connectivity index (χ0n) is 10.6. The van der Waals surface area contributed by atoms with Crippen molar-refractivity contribution >= 4 is 22.9 Å². The van der Waals surface area contributed by atoms with Crippen LogP contribution < -0.4 is 0 Å². The van der Waals surface area contributed by atoms with E-state index in [9.17, 15) is 0 Å². The number of rotatable bonds is 6. The number of hydrogen-bond donors (Lipinski definition) is 1. The summed E-state index contributed by atoms with van der Waals surface area (Å²) in [5.41, 5.74) is 0.994. The van der Waals surface area contributed by atoms with E-state index in [1.54, 1.807) is 11.3 Å². The lowest BCUT2D eigenvalue weighted by molar-refractivity contribution is 0.149. The number of nitrogens with zero attached hydrogens (tertiary/aromatic N) is 2. The quantitative estimate of drug-likeness (QED) is 0.817. The first-order chi connectivity index (χ1) is 8.81. The largest absolute Gasteiger partial charge is 0.396 e. The molecule has 1 unspecified atom stereocenters. The average Bonchev–Trinajstić information content (AvgIpc) is 2.85. The molecule has 2 heterocycles. The third kappa shape index (κ3) is 4.19. The van der Waals surface area contributed by atoms with Gasteiger partial charge in [-0.2, -0.15) is 0 Å². The van der Waals surface area contributed by atoms with Crippen LogP contribution in [0.15, 0.2) is 5.38 Å². The van der Waals surface area contributed by atoms with Gasteiger partial charge < -0.3 is 10.0 Å². The van der Waals surface area contributed by atoms with E-state index in [2.05, 4.69) is 9.88 Å². The maximum atomic E-state index is 9.00. The fourth-order valence-electron chi connectivity index (χ4n) is 2.55. The van der Waals surface area contributed by atoms with E-state index in [0.29, 0.717) is 18.4 Å². The van der Waals surface area contributed by atoms with Gasteiger partial charge >= 0.3 is 0 Å². The average molecular weight is 289 g/mol. The third-order valence-corrected chi connectivity index (χ3v) is 4.75. The van der Waals surface area contributed by atoms with Crippen molar-refractivity contribution in [1.29, 1.82) is 0 Å². The molecule has 18 heavy (non-hydrogen) atoms. The SMILES string of the molecule is OCCC1CCCN(CCc2nc(CCl)cs2)C1. The van der Waals surface area contributed by atoms with Gasteiger partial charge in [0.15, 0.2) is 0 Å². The van der Waals surface area contributed by atoms with Crippen molar-refractivity contribution in [2.24, 2.45) is 5.92 Å². The molecule has 1 saturated heterocycles. The maximum absolute atomic E-state index is 9.00. The highest BCUT2D eigenvalue weighted by atomic mass is 35.5. The summed E-state index contributed by atoms with van der Waals surface area (Å²) in [5, 5.41) is 12.2. The van der Waals surface area contributed by atoms with E-state index >= 15 is 0 Å². The fraction of sp³-hybridized carbons (Fsp3) is 0.769. The van der Waals surface area contributed by atoms with Crippen LogP contribution in [-0.2, 0) is 12.3 Å². The Morgan fingerprint density at radius 3 is 3.17 bits per heavy atom. The number of aliphatic hydroxyl groups is 1. The van der Waals surface area contributed by atoms with Gasteiger partial charge in [-0.25, -0.2) is 4.98 Å². The number of thiazole rings is 1. The lowest BCUT2D eigenvalue weighted by Crippen LogP contribution is -2.37. The summed E-state index contributed by atoms with van der Waals surface area (Å²) in [6.45, 7) is 3.73. The smallest absolute Gasteiger partial charge is 0.0941 e. The predicted molar refractivity (Wildman–Crippen MR) is 76.2 cm³/mol. The Labute approximate surface area is 118 Å². The van der Waals surface area contributed by atoms with Crippen LogP contribution in [0.3, 0.4) is 0 Å². The van der Waals surface area contributed by atoms with Crippen molar-refractivity contribution in [3.8, 4) is 0 Å². The van der Waals surface area contributed by atoms with Crippen LogP contribution in [-0.4, -0.2) is 41.2 Å². The van der Waals surface area contributed by atoms with Gasteiger partial charge in [-0.15, -0.1) is 22.9 Å². The van der Waals surface area contributed by atoms with Gasteiger partial charge in [-0.1, -0.05) is 0 Å². The lowest BCUT2D eigenvalue weighted by Gasteiger charge is -2.32. The minimum Gasteiger partial charge on any atom is -0.396 e. The number of alkyl halides is 1. The molecule has 1 aromatic rings. The molecule has 5 heteroatoms. The van der Waals surface area contributed by atoms with Crippen LogP contribution >= 0.6 is 22.9 Å². The van der Waals surface area contributed by atoms with Crippen LogP contribution in [0.1, 0.15) is 30.0 Å². The molecule has 1 aromatic heterocycles. The van der Waals surface area contributed by atoms with E-state index in [-0.39, 0.29) is 0 Å². The van der Waals surface area contributed by atoms with Crippen molar-refractivity contribution in [3.05, 3.63) is 16.1 Å². The number of likely N-dealkylation sites (tertiary alicyclic amines) is 1. The topological polar surface area (TPSA) is 36.4 Å². The molecule has 0 amide bonds. The van der Waals surface area contributed by atoms with E-state index in [4.69, 9.17) is 16.7 Å². The first-order valence-electron chi connectivity index (χ1n) is 6.64. The molecule has 0 aromatic carbocycles.